The van der Waals surface area contributed by atoms with Crippen molar-refractivity contribution in [2.24, 2.45) is 0 Å². The number of sulfone groups is 1. The zero-order valence-electron chi connectivity index (χ0n) is 12.3. The van der Waals surface area contributed by atoms with Gasteiger partial charge in [0.15, 0.2) is 9.84 Å². The summed E-state index contributed by atoms with van der Waals surface area (Å²) in [5.74, 6) is -0.00836. The Balaban J connectivity index is 2.26. The van der Waals surface area contributed by atoms with Crippen molar-refractivity contribution >= 4 is 15.7 Å². The number of carbonyl (C=O) groups is 1. The minimum absolute atomic E-state index is 0.0681. The smallest absolute Gasteiger partial charge is 0.254 e. The molecule has 0 aliphatic carbocycles. The van der Waals surface area contributed by atoms with Crippen LogP contribution in [0.3, 0.4) is 0 Å². The van der Waals surface area contributed by atoms with Crippen molar-refractivity contribution in [1.82, 2.24) is 14.9 Å². The average molecular weight is 313 g/mol. The fourth-order valence-electron chi connectivity index (χ4n) is 2.41. The van der Waals surface area contributed by atoms with E-state index in [1.807, 2.05) is 0 Å². The van der Waals surface area contributed by atoms with E-state index < -0.39 is 21.0 Å². The molecule has 7 nitrogen and oxygen atoms in total. The van der Waals surface area contributed by atoms with E-state index in [9.17, 15) is 18.0 Å². The molecule has 1 atom stereocenters. The quantitative estimate of drug-likeness (QED) is 0.832. The number of nitrogens with zero attached hydrogens (tertiary/aromatic N) is 2. The third-order valence-corrected chi connectivity index (χ3v) is 5.88. The van der Waals surface area contributed by atoms with Crippen molar-refractivity contribution in [1.29, 1.82) is 0 Å². The zero-order chi connectivity index (χ0) is 15.8. The summed E-state index contributed by atoms with van der Waals surface area (Å²) in [4.78, 5) is 32.5. The summed E-state index contributed by atoms with van der Waals surface area (Å²) in [6.07, 6.45) is 0.391. The SMILES string of the molecule is CCS(=O)(=O)[C@H](C)C(=O)N1CCc2c(nc(C)[nH]c2=O)C1. The van der Waals surface area contributed by atoms with E-state index in [0.29, 0.717) is 30.0 Å². The number of fused-ring (bicyclic) bond motifs is 1. The van der Waals surface area contributed by atoms with Crippen molar-refractivity contribution in [2.45, 2.75) is 39.0 Å². The fourth-order valence-corrected chi connectivity index (χ4v) is 3.37. The standard InChI is InChI=1S/C13H19N3O4S/c1-4-21(19,20)8(2)13(18)16-6-5-10-11(7-16)14-9(3)15-12(10)17/h8H,4-7H2,1-3H3,(H,14,15,17)/t8-/m1/s1. The second-order valence-electron chi connectivity index (χ2n) is 5.18. The number of hydrogen-bond donors (Lipinski definition) is 1. The maximum atomic E-state index is 12.3. The van der Waals surface area contributed by atoms with Gasteiger partial charge in [-0.05, 0) is 20.3 Å². The molecule has 0 saturated heterocycles. The van der Waals surface area contributed by atoms with Crippen LogP contribution in [-0.2, 0) is 27.6 Å². The highest BCUT2D eigenvalue weighted by Crippen LogP contribution is 2.16. The molecule has 0 bridgehead atoms. The predicted molar refractivity (Wildman–Crippen MR) is 77.6 cm³/mol. The zero-order valence-corrected chi connectivity index (χ0v) is 13.2. The number of hydrogen-bond acceptors (Lipinski definition) is 5. The lowest BCUT2D eigenvalue weighted by Gasteiger charge is -2.29. The van der Waals surface area contributed by atoms with E-state index in [1.54, 1.807) is 6.92 Å². The van der Waals surface area contributed by atoms with Crippen LogP contribution < -0.4 is 5.56 Å². The Morgan fingerprint density at radius 3 is 2.76 bits per heavy atom. The molecule has 8 heteroatoms. The summed E-state index contributed by atoms with van der Waals surface area (Å²) in [5, 5.41) is -1.06. The number of rotatable bonds is 3. The third kappa shape index (κ3) is 2.99. The molecule has 0 spiro atoms. The average Bonchev–Trinajstić information content (AvgIpc) is 2.44. The minimum Gasteiger partial charge on any atom is -0.335 e. The van der Waals surface area contributed by atoms with Crippen molar-refractivity contribution < 1.29 is 13.2 Å². The molecule has 1 aliphatic rings. The second kappa shape index (κ2) is 5.59. The molecular weight excluding hydrogens is 294 g/mol. The normalized spacial score (nSPS) is 16.4. The van der Waals surface area contributed by atoms with Gasteiger partial charge in [0, 0.05) is 17.9 Å². The van der Waals surface area contributed by atoms with Crippen LogP contribution >= 0.6 is 0 Å². The maximum absolute atomic E-state index is 12.3. The summed E-state index contributed by atoms with van der Waals surface area (Å²) in [6.45, 7) is 5.13. The van der Waals surface area contributed by atoms with Gasteiger partial charge in [0.1, 0.15) is 11.1 Å². The van der Waals surface area contributed by atoms with Crippen LogP contribution in [0, 0.1) is 6.92 Å². The summed E-state index contributed by atoms with van der Waals surface area (Å²) in [6, 6.07) is 0. The summed E-state index contributed by atoms with van der Waals surface area (Å²) < 4.78 is 23.6. The molecule has 1 N–H and O–H groups in total. The van der Waals surface area contributed by atoms with E-state index in [-0.39, 0.29) is 17.9 Å². The minimum atomic E-state index is -3.42. The van der Waals surface area contributed by atoms with E-state index in [4.69, 9.17) is 0 Å². The summed E-state index contributed by atoms with van der Waals surface area (Å²) in [5.41, 5.74) is 0.950. The summed E-state index contributed by atoms with van der Waals surface area (Å²) in [7, 11) is -3.42. The molecule has 1 amide bonds. The van der Waals surface area contributed by atoms with Gasteiger partial charge in [-0.25, -0.2) is 13.4 Å². The first kappa shape index (κ1) is 15.7. The highest BCUT2D eigenvalue weighted by Gasteiger charge is 2.32. The lowest BCUT2D eigenvalue weighted by molar-refractivity contribution is -0.131. The monoisotopic (exact) mass is 313 g/mol. The van der Waals surface area contributed by atoms with Crippen LogP contribution in [0.15, 0.2) is 4.79 Å². The first-order valence-electron chi connectivity index (χ1n) is 6.85. The highest BCUT2D eigenvalue weighted by atomic mass is 32.2. The van der Waals surface area contributed by atoms with Crippen molar-refractivity contribution in [3.63, 3.8) is 0 Å². The number of aryl methyl sites for hydroxylation is 1. The first-order valence-corrected chi connectivity index (χ1v) is 8.56. The molecular formula is C13H19N3O4S. The van der Waals surface area contributed by atoms with Crippen LogP contribution in [0.4, 0.5) is 0 Å². The molecule has 2 heterocycles. The van der Waals surface area contributed by atoms with Crippen molar-refractivity contribution in [3.8, 4) is 0 Å². The van der Waals surface area contributed by atoms with Gasteiger partial charge in [0.25, 0.3) is 5.56 Å². The largest absolute Gasteiger partial charge is 0.335 e. The maximum Gasteiger partial charge on any atom is 0.254 e. The molecule has 2 rings (SSSR count). The van der Waals surface area contributed by atoms with Gasteiger partial charge < -0.3 is 9.88 Å². The van der Waals surface area contributed by atoms with Gasteiger partial charge in [-0.1, -0.05) is 6.92 Å². The lowest BCUT2D eigenvalue weighted by atomic mass is 10.1. The Bertz CT molecular complexity index is 723. The number of nitrogens with one attached hydrogen (secondary N) is 1. The molecule has 116 valence electrons. The van der Waals surface area contributed by atoms with Crippen LogP contribution in [0.5, 0.6) is 0 Å². The van der Waals surface area contributed by atoms with Crippen molar-refractivity contribution in [3.05, 3.63) is 27.4 Å². The van der Waals surface area contributed by atoms with Gasteiger partial charge in [0.2, 0.25) is 5.91 Å². The van der Waals surface area contributed by atoms with Gasteiger partial charge in [-0.2, -0.15) is 0 Å². The number of carbonyl (C=O) groups excluding carboxylic acids is 1. The molecule has 1 aliphatic heterocycles. The highest BCUT2D eigenvalue weighted by molar-refractivity contribution is 7.92. The van der Waals surface area contributed by atoms with E-state index >= 15 is 0 Å². The number of amides is 1. The Labute approximate surface area is 123 Å². The Kier molecular flexibility index (Phi) is 4.18. The molecule has 21 heavy (non-hydrogen) atoms. The Hall–Kier alpha value is -1.70. The van der Waals surface area contributed by atoms with Gasteiger partial charge in [-0.3, -0.25) is 9.59 Å². The van der Waals surface area contributed by atoms with Crippen molar-refractivity contribution in [2.75, 3.05) is 12.3 Å². The molecule has 0 radical (unpaired) electrons. The van der Waals surface area contributed by atoms with E-state index in [0.717, 1.165) is 0 Å². The van der Waals surface area contributed by atoms with Gasteiger partial charge in [0.05, 0.1) is 12.2 Å². The Morgan fingerprint density at radius 2 is 2.14 bits per heavy atom. The molecule has 0 unspecified atom stereocenters. The number of H-pyrrole nitrogens is 1. The van der Waals surface area contributed by atoms with Crippen LogP contribution in [-0.4, -0.2) is 46.7 Å². The number of aromatic nitrogens is 2. The molecule has 1 aromatic rings. The summed E-state index contributed by atoms with van der Waals surface area (Å²) >= 11 is 0. The van der Waals surface area contributed by atoms with Crippen LogP contribution in [0.2, 0.25) is 0 Å². The fraction of sp³-hybridized carbons (Fsp3) is 0.615. The molecule has 0 saturated carbocycles. The Morgan fingerprint density at radius 1 is 1.48 bits per heavy atom. The molecule has 0 fully saturated rings. The third-order valence-electron chi connectivity index (χ3n) is 3.79. The van der Waals surface area contributed by atoms with E-state index in [2.05, 4.69) is 9.97 Å². The van der Waals surface area contributed by atoms with E-state index in [1.165, 1.54) is 18.7 Å². The lowest BCUT2D eigenvalue weighted by Crippen LogP contribution is -2.45. The van der Waals surface area contributed by atoms with Gasteiger partial charge in [-0.15, -0.1) is 0 Å². The number of aromatic amines is 1. The topological polar surface area (TPSA) is 100 Å². The first-order chi connectivity index (χ1) is 9.76. The molecule has 0 aromatic carbocycles. The molecule has 1 aromatic heterocycles. The van der Waals surface area contributed by atoms with Crippen LogP contribution in [0.25, 0.3) is 0 Å². The predicted octanol–water partition coefficient (Wildman–Crippen LogP) is -0.214. The van der Waals surface area contributed by atoms with Gasteiger partial charge >= 0.3 is 0 Å². The second-order valence-corrected chi connectivity index (χ2v) is 7.79. The van der Waals surface area contributed by atoms with Crippen LogP contribution in [0.1, 0.15) is 30.9 Å².